The van der Waals surface area contributed by atoms with Gasteiger partial charge in [0.15, 0.2) is 5.75 Å². The van der Waals surface area contributed by atoms with E-state index < -0.39 is 22.5 Å². The molecule has 1 amide bonds. The minimum absolute atomic E-state index is 0.0462. The molecule has 3 aromatic carbocycles. The van der Waals surface area contributed by atoms with Gasteiger partial charge < -0.3 is 19.5 Å². The summed E-state index contributed by atoms with van der Waals surface area (Å²) in [5.41, 5.74) is 0.304. The number of rotatable bonds is 9. The molecule has 0 saturated heterocycles. The van der Waals surface area contributed by atoms with Gasteiger partial charge in [0.2, 0.25) is 15.9 Å². The van der Waals surface area contributed by atoms with E-state index >= 15 is 0 Å². The molecule has 0 radical (unpaired) electrons. The Labute approximate surface area is 197 Å². The van der Waals surface area contributed by atoms with Crippen LogP contribution in [0.1, 0.15) is 0 Å². The van der Waals surface area contributed by atoms with Crippen molar-refractivity contribution in [3.05, 3.63) is 71.8 Å². The van der Waals surface area contributed by atoms with Gasteiger partial charge in [0, 0.05) is 12.1 Å². The molecule has 3 aromatic rings. The third-order valence-corrected chi connectivity index (χ3v) is 6.69. The van der Waals surface area contributed by atoms with E-state index in [1.54, 1.807) is 43.5 Å². The fourth-order valence-electron chi connectivity index (χ4n) is 2.86. The molecule has 10 heteroatoms. The van der Waals surface area contributed by atoms with Crippen molar-refractivity contribution in [1.29, 1.82) is 0 Å². The summed E-state index contributed by atoms with van der Waals surface area (Å²) < 4.78 is 42.6. The SMILES string of the molecule is COc1ccc(Oc2ccc(Cl)cc2NC(=O)CN(C)S(=O)(=O)c2ccc(OC)cc2)cc1. The topological polar surface area (TPSA) is 94.2 Å². The molecule has 0 aliphatic carbocycles. The average molecular weight is 491 g/mol. The third kappa shape index (κ3) is 6.16. The fourth-order valence-corrected chi connectivity index (χ4v) is 4.16. The molecular weight excluding hydrogens is 468 g/mol. The number of nitrogens with zero attached hydrogens (tertiary/aromatic N) is 1. The van der Waals surface area contributed by atoms with E-state index in [2.05, 4.69) is 5.32 Å². The van der Waals surface area contributed by atoms with Gasteiger partial charge in [-0.2, -0.15) is 4.31 Å². The lowest BCUT2D eigenvalue weighted by Gasteiger charge is -2.18. The average Bonchev–Trinajstić information content (AvgIpc) is 2.81. The lowest BCUT2D eigenvalue weighted by Crippen LogP contribution is -2.35. The number of hydrogen-bond donors (Lipinski definition) is 1. The molecule has 0 fully saturated rings. The van der Waals surface area contributed by atoms with Gasteiger partial charge in [-0.25, -0.2) is 8.42 Å². The number of anilines is 1. The van der Waals surface area contributed by atoms with Crippen LogP contribution in [0.15, 0.2) is 71.6 Å². The van der Waals surface area contributed by atoms with Crippen LogP contribution in [0.4, 0.5) is 5.69 Å². The molecule has 0 aliphatic rings. The van der Waals surface area contributed by atoms with Crippen molar-refractivity contribution in [2.24, 2.45) is 0 Å². The van der Waals surface area contributed by atoms with Crippen molar-refractivity contribution in [1.82, 2.24) is 4.31 Å². The van der Waals surface area contributed by atoms with Crippen LogP contribution in [0, 0.1) is 0 Å². The molecule has 3 rings (SSSR count). The number of carbonyl (C=O) groups excluding carboxylic acids is 1. The van der Waals surface area contributed by atoms with E-state index in [-0.39, 0.29) is 4.90 Å². The van der Waals surface area contributed by atoms with E-state index in [1.807, 2.05) is 0 Å². The van der Waals surface area contributed by atoms with Crippen molar-refractivity contribution < 1.29 is 27.4 Å². The molecule has 174 valence electrons. The Morgan fingerprint density at radius 3 is 2.03 bits per heavy atom. The van der Waals surface area contributed by atoms with Crippen LogP contribution < -0.4 is 19.5 Å². The van der Waals surface area contributed by atoms with Gasteiger partial charge in [0.1, 0.15) is 17.2 Å². The lowest BCUT2D eigenvalue weighted by molar-refractivity contribution is -0.116. The summed E-state index contributed by atoms with van der Waals surface area (Å²) in [5.74, 6) is 1.51. The maximum Gasteiger partial charge on any atom is 0.243 e. The van der Waals surface area contributed by atoms with Crippen LogP contribution in [0.25, 0.3) is 0 Å². The smallest absolute Gasteiger partial charge is 0.243 e. The van der Waals surface area contributed by atoms with Gasteiger partial charge >= 0.3 is 0 Å². The summed E-state index contributed by atoms with van der Waals surface area (Å²) in [4.78, 5) is 12.7. The second-order valence-electron chi connectivity index (χ2n) is 6.90. The van der Waals surface area contributed by atoms with Crippen LogP contribution in [-0.2, 0) is 14.8 Å². The van der Waals surface area contributed by atoms with Crippen molar-refractivity contribution in [2.45, 2.75) is 4.90 Å². The minimum atomic E-state index is -3.88. The molecule has 0 bridgehead atoms. The molecule has 1 N–H and O–H groups in total. The van der Waals surface area contributed by atoms with Gasteiger partial charge in [0.25, 0.3) is 0 Å². The fraction of sp³-hybridized carbons (Fsp3) is 0.174. The summed E-state index contributed by atoms with van der Waals surface area (Å²) in [6.45, 7) is -0.414. The monoisotopic (exact) mass is 490 g/mol. The third-order valence-electron chi connectivity index (χ3n) is 4.64. The first-order valence-electron chi connectivity index (χ1n) is 9.74. The summed E-state index contributed by atoms with van der Waals surface area (Å²) >= 11 is 6.09. The summed E-state index contributed by atoms with van der Waals surface area (Å²) in [5, 5.41) is 3.05. The zero-order valence-corrected chi connectivity index (χ0v) is 19.8. The maximum absolute atomic E-state index is 12.8. The van der Waals surface area contributed by atoms with Crippen molar-refractivity contribution in [2.75, 3.05) is 33.1 Å². The number of amides is 1. The van der Waals surface area contributed by atoms with E-state index in [4.69, 9.17) is 25.8 Å². The minimum Gasteiger partial charge on any atom is -0.497 e. The van der Waals surface area contributed by atoms with Crippen LogP contribution in [0.2, 0.25) is 5.02 Å². The summed E-state index contributed by atoms with van der Waals surface area (Å²) in [6.07, 6.45) is 0. The first-order chi connectivity index (χ1) is 15.7. The van der Waals surface area contributed by atoms with E-state index in [9.17, 15) is 13.2 Å². The molecule has 0 unspecified atom stereocenters. The number of benzene rings is 3. The Morgan fingerprint density at radius 2 is 1.45 bits per heavy atom. The number of hydrogen-bond acceptors (Lipinski definition) is 6. The highest BCUT2D eigenvalue weighted by molar-refractivity contribution is 7.89. The molecule has 0 saturated carbocycles. The predicted molar refractivity (Wildman–Crippen MR) is 126 cm³/mol. The van der Waals surface area contributed by atoms with Gasteiger partial charge in [-0.15, -0.1) is 0 Å². The summed E-state index contributed by atoms with van der Waals surface area (Å²) in [6, 6.07) is 17.6. The number of carbonyl (C=O) groups is 1. The van der Waals surface area contributed by atoms with Crippen LogP contribution in [0.5, 0.6) is 23.0 Å². The Morgan fingerprint density at radius 1 is 0.909 bits per heavy atom. The zero-order chi connectivity index (χ0) is 24.0. The van der Waals surface area contributed by atoms with Crippen molar-refractivity contribution in [3.63, 3.8) is 0 Å². The number of halogens is 1. The van der Waals surface area contributed by atoms with E-state index in [0.717, 1.165) is 4.31 Å². The van der Waals surface area contributed by atoms with Gasteiger partial charge in [-0.05, 0) is 66.7 Å². The second kappa shape index (κ2) is 10.6. The molecule has 8 nitrogen and oxygen atoms in total. The lowest BCUT2D eigenvalue weighted by atomic mass is 10.2. The van der Waals surface area contributed by atoms with E-state index in [1.165, 1.54) is 44.5 Å². The highest BCUT2D eigenvalue weighted by Gasteiger charge is 2.23. The molecule has 0 aromatic heterocycles. The summed E-state index contributed by atoms with van der Waals surface area (Å²) in [7, 11) is 0.501. The molecule has 0 heterocycles. The Kier molecular flexibility index (Phi) is 7.80. The van der Waals surface area contributed by atoms with Crippen LogP contribution >= 0.6 is 11.6 Å². The number of likely N-dealkylation sites (N-methyl/N-ethyl adjacent to an activating group) is 1. The second-order valence-corrected chi connectivity index (χ2v) is 9.38. The van der Waals surface area contributed by atoms with Gasteiger partial charge in [-0.3, -0.25) is 4.79 Å². The molecule has 0 spiro atoms. The first kappa shape index (κ1) is 24.4. The molecule has 0 atom stereocenters. The van der Waals surface area contributed by atoms with Crippen LogP contribution in [-0.4, -0.2) is 46.4 Å². The zero-order valence-electron chi connectivity index (χ0n) is 18.2. The Bertz CT molecular complexity index is 1210. The van der Waals surface area contributed by atoms with Gasteiger partial charge in [0.05, 0.1) is 31.3 Å². The largest absolute Gasteiger partial charge is 0.497 e. The van der Waals surface area contributed by atoms with E-state index in [0.29, 0.717) is 33.7 Å². The molecule has 0 aliphatic heterocycles. The molecular formula is C23H23ClN2O6S. The van der Waals surface area contributed by atoms with Crippen molar-refractivity contribution >= 4 is 33.2 Å². The number of sulfonamides is 1. The maximum atomic E-state index is 12.8. The number of methoxy groups -OCH3 is 2. The number of ether oxygens (including phenoxy) is 3. The predicted octanol–water partition coefficient (Wildman–Crippen LogP) is 4.41. The Balaban J connectivity index is 1.73. The van der Waals surface area contributed by atoms with Gasteiger partial charge in [-0.1, -0.05) is 11.6 Å². The highest BCUT2D eigenvalue weighted by atomic mass is 35.5. The Hall–Kier alpha value is -3.27. The molecule has 33 heavy (non-hydrogen) atoms. The quantitative estimate of drug-likeness (QED) is 0.477. The van der Waals surface area contributed by atoms with Crippen molar-refractivity contribution in [3.8, 4) is 23.0 Å². The standard InChI is InChI=1S/C23H23ClN2O6S/c1-26(33(28,29)20-11-9-18(31-3)10-12-20)15-23(27)25-21-14-16(24)4-13-22(21)32-19-7-5-17(30-2)6-8-19/h4-14H,15H2,1-3H3,(H,25,27). The van der Waals surface area contributed by atoms with Crippen LogP contribution in [0.3, 0.4) is 0 Å². The first-order valence-corrected chi connectivity index (χ1v) is 11.6. The number of nitrogens with one attached hydrogen (secondary N) is 1. The normalized spacial score (nSPS) is 11.2. The highest BCUT2D eigenvalue weighted by Crippen LogP contribution is 2.33.